The molecule has 3 nitrogen and oxygen atoms in total. The minimum absolute atomic E-state index is 0.0947. The summed E-state index contributed by atoms with van der Waals surface area (Å²) in [6.07, 6.45) is 2.55. The lowest BCUT2D eigenvalue weighted by Gasteiger charge is -2.23. The molecule has 94 valence electrons. The first-order chi connectivity index (χ1) is 8.15. The third-order valence-electron chi connectivity index (χ3n) is 3.29. The van der Waals surface area contributed by atoms with Crippen molar-refractivity contribution in [3.63, 3.8) is 0 Å². The number of aliphatic hydroxyl groups is 1. The van der Waals surface area contributed by atoms with Gasteiger partial charge in [0, 0.05) is 18.3 Å². The second kappa shape index (κ2) is 5.05. The zero-order valence-electron chi connectivity index (χ0n) is 11.0. The van der Waals surface area contributed by atoms with E-state index in [1.165, 1.54) is 12.8 Å². The molecule has 1 aromatic rings. The number of hydrogen-bond donors (Lipinski definition) is 1. The summed E-state index contributed by atoms with van der Waals surface area (Å²) in [5.41, 5.74) is 2.04. The molecule has 0 aliphatic heterocycles. The van der Waals surface area contributed by atoms with Crippen LogP contribution in [0.4, 0.5) is 5.82 Å². The van der Waals surface area contributed by atoms with E-state index in [1.54, 1.807) is 0 Å². The Morgan fingerprint density at radius 2 is 2.12 bits per heavy atom. The zero-order chi connectivity index (χ0) is 12.4. The molecule has 1 saturated carbocycles. The maximum atomic E-state index is 9.33. The van der Waals surface area contributed by atoms with E-state index < -0.39 is 0 Å². The highest BCUT2D eigenvalue weighted by Crippen LogP contribution is 2.31. The van der Waals surface area contributed by atoms with Gasteiger partial charge in [-0.05, 0) is 43.4 Å². The van der Waals surface area contributed by atoms with Crippen molar-refractivity contribution in [3.8, 4) is 0 Å². The maximum absolute atomic E-state index is 9.33. The van der Waals surface area contributed by atoms with Crippen LogP contribution in [0.15, 0.2) is 12.1 Å². The van der Waals surface area contributed by atoms with E-state index in [-0.39, 0.29) is 6.61 Å². The molecule has 1 N–H and O–H groups in total. The molecule has 0 bridgehead atoms. The van der Waals surface area contributed by atoms with Crippen molar-refractivity contribution in [1.29, 1.82) is 0 Å². The summed E-state index contributed by atoms with van der Waals surface area (Å²) in [4.78, 5) is 7.08. The molecule has 17 heavy (non-hydrogen) atoms. The Balaban J connectivity index is 2.34. The van der Waals surface area contributed by atoms with Crippen molar-refractivity contribution in [3.05, 3.63) is 23.4 Å². The fraction of sp³-hybridized carbons (Fsp3) is 0.643. The van der Waals surface area contributed by atoms with Crippen LogP contribution in [-0.2, 0) is 6.61 Å². The van der Waals surface area contributed by atoms with Crippen LogP contribution in [0, 0.1) is 0 Å². The van der Waals surface area contributed by atoms with Crippen LogP contribution in [0.25, 0.3) is 0 Å². The molecule has 3 heteroatoms. The average molecular weight is 234 g/mol. The van der Waals surface area contributed by atoms with Crippen molar-refractivity contribution in [2.24, 2.45) is 0 Å². The molecule has 1 aliphatic carbocycles. The highest BCUT2D eigenvalue weighted by molar-refractivity contribution is 5.45. The van der Waals surface area contributed by atoms with Crippen molar-refractivity contribution >= 4 is 5.82 Å². The monoisotopic (exact) mass is 234 g/mol. The summed E-state index contributed by atoms with van der Waals surface area (Å²) in [7, 11) is 0. The van der Waals surface area contributed by atoms with Crippen LogP contribution >= 0.6 is 0 Å². The van der Waals surface area contributed by atoms with E-state index in [4.69, 9.17) is 4.98 Å². The van der Waals surface area contributed by atoms with Gasteiger partial charge in [-0.15, -0.1) is 0 Å². The molecule has 1 fully saturated rings. The van der Waals surface area contributed by atoms with Crippen LogP contribution in [-0.4, -0.2) is 22.7 Å². The predicted octanol–water partition coefficient (Wildman–Crippen LogP) is 2.69. The Bertz CT molecular complexity index is 386. The largest absolute Gasteiger partial charge is 0.392 e. The molecule has 1 heterocycles. The Kier molecular flexibility index (Phi) is 3.67. The van der Waals surface area contributed by atoms with E-state index in [9.17, 15) is 5.11 Å². The highest BCUT2D eigenvalue weighted by atomic mass is 16.3. The van der Waals surface area contributed by atoms with Gasteiger partial charge in [0.25, 0.3) is 0 Å². The van der Waals surface area contributed by atoms with Crippen LogP contribution < -0.4 is 4.90 Å². The van der Waals surface area contributed by atoms with Gasteiger partial charge in [0.1, 0.15) is 5.82 Å². The van der Waals surface area contributed by atoms with E-state index in [0.29, 0.717) is 12.0 Å². The minimum atomic E-state index is 0.0947. The van der Waals surface area contributed by atoms with Gasteiger partial charge in [0.05, 0.1) is 6.61 Å². The van der Waals surface area contributed by atoms with E-state index in [2.05, 4.69) is 25.7 Å². The Hall–Kier alpha value is -1.09. The highest BCUT2D eigenvalue weighted by Gasteiger charge is 2.29. The molecule has 0 unspecified atom stereocenters. The topological polar surface area (TPSA) is 36.4 Å². The van der Waals surface area contributed by atoms with Crippen LogP contribution in [0.5, 0.6) is 0 Å². The second-order valence-electron chi connectivity index (χ2n) is 5.09. The lowest BCUT2D eigenvalue weighted by molar-refractivity contribution is 0.281. The van der Waals surface area contributed by atoms with Gasteiger partial charge < -0.3 is 10.0 Å². The molecule has 0 aromatic carbocycles. The molecule has 0 atom stereocenters. The fourth-order valence-electron chi connectivity index (χ4n) is 2.12. The van der Waals surface area contributed by atoms with Gasteiger partial charge in [-0.25, -0.2) is 4.98 Å². The second-order valence-corrected chi connectivity index (χ2v) is 5.09. The summed E-state index contributed by atoms with van der Waals surface area (Å²) in [5.74, 6) is 1.43. The SMILES string of the molecule is CCN(c1cc(CO)cc(C(C)C)n1)C1CC1. The summed E-state index contributed by atoms with van der Waals surface area (Å²) in [6.45, 7) is 7.53. The molecular weight excluding hydrogens is 212 g/mol. The Morgan fingerprint density at radius 1 is 1.41 bits per heavy atom. The first-order valence-electron chi connectivity index (χ1n) is 6.54. The first kappa shape index (κ1) is 12.4. The van der Waals surface area contributed by atoms with Crippen molar-refractivity contribution < 1.29 is 5.11 Å². The summed E-state index contributed by atoms with van der Waals surface area (Å²) in [6, 6.07) is 4.70. The number of nitrogens with zero attached hydrogens (tertiary/aromatic N) is 2. The summed E-state index contributed by atoms with van der Waals surface area (Å²) < 4.78 is 0. The minimum Gasteiger partial charge on any atom is -0.392 e. The first-order valence-corrected chi connectivity index (χ1v) is 6.54. The van der Waals surface area contributed by atoms with Gasteiger partial charge in [0.2, 0.25) is 0 Å². The van der Waals surface area contributed by atoms with Crippen molar-refractivity contribution in [1.82, 2.24) is 4.98 Å². The smallest absolute Gasteiger partial charge is 0.129 e. The molecule has 0 radical (unpaired) electrons. The number of hydrogen-bond acceptors (Lipinski definition) is 3. The molecule has 2 rings (SSSR count). The lowest BCUT2D eigenvalue weighted by Crippen LogP contribution is -2.26. The number of anilines is 1. The number of aliphatic hydroxyl groups excluding tert-OH is 1. The van der Waals surface area contributed by atoms with E-state index in [1.807, 2.05) is 12.1 Å². The number of pyridine rings is 1. The molecule has 0 amide bonds. The standard InChI is InChI=1S/C14H22N2O/c1-4-16(12-5-6-12)14-8-11(9-17)7-13(15-14)10(2)3/h7-8,10,12,17H,4-6,9H2,1-3H3. The fourth-order valence-corrected chi connectivity index (χ4v) is 2.12. The predicted molar refractivity (Wildman–Crippen MR) is 70.3 cm³/mol. The maximum Gasteiger partial charge on any atom is 0.129 e. The van der Waals surface area contributed by atoms with Crippen LogP contribution in [0.3, 0.4) is 0 Å². The molecule has 1 aliphatic rings. The molecule has 1 aromatic heterocycles. The zero-order valence-corrected chi connectivity index (χ0v) is 11.0. The lowest BCUT2D eigenvalue weighted by atomic mass is 10.1. The van der Waals surface area contributed by atoms with E-state index >= 15 is 0 Å². The molecular formula is C14H22N2O. The van der Waals surface area contributed by atoms with Gasteiger partial charge in [-0.3, -0.25) is 0 Å². The Morgan fingerprint density at radius 3 is 2.59 bits per heavy atom. The van der Waals surface area contributed by atoms with Gasteiger partial charge in [-0.2, -0.15) is 0 Å². The van der Waals surface area contributed by atoms with Crippen molar-refractivity contribution in [2.75, 3.05) is 11.4 Å². The Labute approximate surface area is 103 Å². The third-order valence-corrected chi connectivity index (χ3v) is 3.29. The number of aromatic nitrogens is 1. The summed E-state index contributed by atoms with van der Waals surface area (Å²) in [5, 5.41) is 9.33. The third kappa shape index (κ3) is 2.78. The normalized spacial score (nSPS) is 15.4. The van der Waals surface area contributed by atoms with Gasteiger partial charge in [-0.1, -0.05) is 13.8 Å². The number of rotatable bonds is 5. The van der Waals surface area contributed by atoms with E-state index in [0.717, 1.165) is 23.6 Å². The van der Waals surface area contributed by atoms with Crippen molar-refractivity contribution in [2.45, 2.75) is 52.2 Å². The van der Waals surface area contributed by atoms with Gasteiger partial charge >= 0.3 is 0 Å². The summed E-state index contributed by atoms with van der Waals surface area (Å²) >= 11 is 0. The van der Waals surface area contributed by atoms with Crippen LogP contribution in [0.2, 0.25) is 0 Å². The van der Waals surface area contributed by atoms with Crippen LogP contribution in [0.1, 0.15) is 50.8 Å². The quantitative estimate of drug-likeness (QED) is 0.851. The molecule has 0 spiro atoms. The van der Waals surface area contributed by atoms with Gasteiger partial charge in [0.15, 0.2) is 0 Å². The molecule has 0 saturated heterocycles. The average Bonchev–Trinajstić information content (AvgIpc) is 3.14.